The fourth-order valence-electron chi connectivity index (χ4n) is 4.27. The average molecular weight is 401 g/mol. The molecule has 2 N–H and O–H groups in total. The van der Waals surface area contributed by atoms with E-state index in [0.29, 0.717) is 18.5 Å². The molecule has 7 heteroatoms. The fraction of sp³-hybridized carbons (Fsp3) is 0.636. The molecule has 0 spiro atoms. The van der Waals surface area contributed by atoms with E-state index in [1.165, 1.54) is 12.8 Å². The minimum Gasteiger partial charge on any atom is -0.379 e. The van der Waals surface area contributed by atoms with E-state index in [1.54, 1.807) is 0 Å². The predicted octanol–water partition coefficient (Wildman–Crippen LogP) is 2.38. The quantitative estimate of drug-likeness (QED) is 0.526. The van der Waals surface area contributed by atoms with E-state index in [-0.39, 0.29) is 0 Å². The normalized spacial score (nSPS) is 17.1. The van der Waals surface area contributed by atoms with E-state index in [4.69, 9.17) is 9.72 Å². The Morgan fingerprint density at radius 2 is 1.90 bits per heavy atom. The van der Waals surface area contributed by atoms with Crippen molar-refractivity contribution in [2.75, 3.05) is 39.9 Å². The number of para-hydroxylation sites is 2. The van der Waals surface area contributed by atoms with Crippen molar-refractivity contribution in [2.24, 2.45) is 18.0 Å². The van der Waals surface area contributed by atoms with Crippen LogP contribution < -0.4 is 10.6 Å². The van der Waals surface area contributed by atoms with E-state index in [1.807, 2.05) is 19.2 Å². The van der Waals surface area contributed by atoms with E-state index in [2.05, 4.69) is 58.1 Å². The Hall–Kier alpha value is -2.12. The highest BCUT2D eigenvalue weighted by atomic mass is 16.5. The predicted molar refractivity (Wildman–Crippen MR) is 119 cm³/mol. The number of rotatable bonds is 8. The summed E-state index contributed by atoms with van der Waals surface area (Å²) in [5, 5.41) is 6.99. The van der Waals surface area contributed by atoms with Crippen LogP contribution in [0.4, 0.5) is 0 Å². The van der Waals surface area contributed by atoms with Crippen LogP contribution in [0.1, 0.15) is 32.5 Å². The Balaban J connectivity index is 1.60. The van der Waals surface area contributed by atoms with Crippen molar-refractivity contribution >= 4 is 17.0 Å². The number of aryl methyl sites for hydroxylation is 1. The molecule has 2 heterocycles. The highest BCUT2D eigenvalue weighted by Crippen LogP contribution is 2.19. The van der Waals surface area contributed by atoms with Crippen LogP contribution in [0.5, 0.6) is 0 Å². The summed E-state index contributed by atoms with van der Waals surface area (Å²) in [7, 11) is 3.88. The molecule has 0 amide bonds. The van der Waals surface area contributed by atoms with Crippen molar-refractivity contribution < 1.29 is 4.74 Å². The van der Waals surface area contributed by atoms with Crippen LogP contribution in [0.25, 0.3) is 11.0 Å². The molecule has 2 aromatic rings. The number of guanidine groups is 1. The summed E-state index contributed by atoms with van der Waals surface area (Å²) in [6.07, 6.45) is 2.37. The van der Waals surface area contributed by atoms with Crippen LogP contribution in [0.15, 0.2) is 29.3 Å². The molecule has 0 radical (unpaired) electrons. The number of morpholine rings is 1. The molecule has 1 aliphatic rings. The molecule has 1 aromatic heterocycles. The third kappa shape index (κ3) is 5.28. The maximum atomic E-state index is 5.56. The van der Waals surface area contributed by atoms with Crippen LogP contribution in [0, 0.1) is 5.92 Å². The first-order valence-electron chi connectivity index (χ1n) is 10.8. The second kappa shape index (κ2) is 10.6. The number of imidazole rings is 1. The maximum Gasteiger partial charge on any atom is 0.191 e. The summed E-state index contributed by atoms with van der Waals surface area (Å²) >= 11 is 0. The van der Waals surface area contributed by atoms with Gasteiger partial charge in [0.2, 0.25) is 0 Å². The second-order valence-electron chi connectivity index (χ2n) is 7.67. The SMILES string of the molecule is CCC(CC)C(CNC(=NC)NCc1nc2ccccc2n1C)N1CCOCC1. The largest absolute Gasteiger partial charge is 0.379 e. The van der Waals surface area contributed by atoms with Crippen molar-refractivity contribution in [3.05, 3.63) is 30.1 Å². The first kappa shape index (κ1) is 21.6. The number of hydrogen-bond acceptors (Lipinski definition) is 4. The van der Waals surface area contributed by atoms with Gasteiger partial charge in [-0.05, 0) is 18.1 Å². The summed E-state index contributed by atoms with van der Waals surface area (Å²) in [4.78, 5) is 11.7. The minimum absolute atomic E-state index is 0.489. The van der Waals surface area contributed by atoms with Gasteiger partial charge in [-0.15, -0.1) is 0 Å². The summed E-state index contributed by atoms with van der Waals surface area (Å²) in [5.41, 5.74) is 2.17. The van der Waals surface area contributed by atoms with Crippen LogP contribution in [-0.4, -0.2) is 66.3 Å². The van der Waals surface area contributed by atoms with Crippen molar-refractivity contribution in [1.29, 1.82) is 0 Å². The number of ether oxygens (including phenoxy) is 1. The van der Waals surface area contributed by atoms with Crippen molar-refractivity contribution in [3.8, 4) is 0 Å². The highest BCUT2D eigenvalue weighted by molar-refractivity contribution is 5.80. The highest BCUT2D eigenvalue weighted by Gasteiger charge is 2.27. The van der Waals surface area contributed by atoms with E-state index >= 15 is 0 Å². The molecule has 0 saturated carbocycles. The molecule has 1 unspecified atom stereocenters. The van der Waals surface area contributed by atoms with Crippen molar-refractivity contribution in [2.45, 2.75) is 39.3 Å². The van der Waals surface area contributed by atoms with Crippen LogP contribution >= 0.6 is 0 Å². The standard InChI is InChI=1S/C22H36N6O/c1-5-17(6-2)20(28-11-13-29-14-12-28)15-24-22(23-3)25-16-21-26-18-9-7-8-10-19(18)27(21)4/h7-10,17,20H,5-6,11-16H2,1-4H3,(H2,23,24,25). The Kier molecular flexibility index (Phi) is 7.89. The first-order chi connectivity index (χ1) is 14.2. The molecular formula is C22H36N6O. The zero-order valence-electron chi connectivity index (χ0n) is 18.3. The molecule has 3 rings (SSSR count). The lowest BCUT2D eigenvalue weighted by Crippen LogP contribution is -2.53. The van der Waals surface area contributed by atoms with Crippen LogP contribution in [0.2, 0.25) is 0 Å². The molecule has 0 aliphatic carbocycles. The number of benzene rings is 1. The topological polar surface area (TPSA) is 66.7 Å². The molecule has 1 aliphatic heterocycles. The number of nitrogens with zero attached hydrogens (tertiary/aromatic N) is 4. The van der Waals surface area contributed by atoms with Gasteiger partial charge in [-0.3, -0.25) is 9.89 Å². The first-order valence-corrected chi connectivity index (χ1v) is 10.8. The number of aromatic nitrogens is 2. The van der Waals surface area contributed by atoms with E-state index in [0.717, 1.165) is 55.7 Å². The minimum atomic E-state index is 0.489. The Morgan fingerprint density at radius 3 is 2.55 bits per heavy atom. The Labute approximate surface area is 174 Å². The molecule has 7 nitrogen and oxygen atoms in total. The monoisotopic (exact) mass is 400 g/mol. The van der Waals surface area contributed by atoms with E-state index in [9.17, 15) is 0 Å². The molecular weight excluding hydrogens is 364 g/mol. The summed E-state index contributed by atoms with van der Waals surface area (Å²) in [6.45, 7) is 9.78. The van der Waals surface area contributed by atoms with Gasteiger partial charge in [0.05, 0.1) is 30.8 Å². The van der Waals surface area contributed by atoms with Crippen LogP contribution in [-0.2, 0) is 18.3 Å². The molecule has 1 atom stereocenters. The summed E-state index contributed by atoms with van der Waals surface area (Å²) in [6, 6.07) is 8.71. The number of aliphatic imine (C=N–C) groups is 1. The van der Waals surface area contributed by atoms with Crippen molar-refractivity contribution in [1.82, 2.24) is 25.1 Å². The van der Waals surface area contributed by atoms with Gasteiger partial charge in [-0.25, -0.2) is 4.98 Å². The van der Waals surface area contributed by atoms with Gasteiger partial charge in [0.25, 0.3) is 0 Å². The third-order valence-electron chi connectivity index (χ3n) is 6.10. The van der Waals surface area contributed by atoms with Crippen molar-refractivity contribution in [3.63, 3.8) is 0 Å². The van der Waals surface area contributed by atoms with Gasteiger partial charge in [0, 0.05) is 39.8 Å². The molecule has 1 fully saturated rings. The number of nitrogens with one attached hydrogen (secondary N) is 2. The molecule has 160 valence electrons. The number of fused-ring (bicyclic) bond motifs is 1. The number of hydrogen-bond donors (Lipinski definition) is 2. The van der Waals surface area contributed by atoms with Gasteiger partial charge in [-0.1, -0.05) is 38.8 Å². The molecule has 29 heavy (non-hydrogen) atoms. The fourth-order valence-corrected chi connectivity index (χ4v) is 4.27. The average Bonchev–Trinajstić information content (AvgIpc) is 3.09. The van der Waals surface area contributed by atoms with Gasteiger partial charge in [-0.2, -0.15) is 0 Å². The lowest BCUT2D eigenvalue weighted by atomic mass is 9.92. The van der Waals surface area contributed by atoms with Gasteiger partial charge < -0.3 is 19.9 Å². The lowest BCUT2D eigenvalue weighted by molar-refractivity contribution is 0.00272. The van der Waals surface area contributed by atoms with Gasteiger partial charge in [0.15, 0.2) is 5.96 Å². The maximum absolute atomic E-state index is 5.56. The second-order valence-corrected chi connectivity index (χ2v) is 7.67. The molecule has 1 aromatic carbocycles. The zero-order chi connectivity index (χ0) is 20.6. The van der Waals surface area contributed by atoms with E-state index < -0.39 is 0 Å². The Bertz CT molecular complexity index is 792. The molecule has 1 saturated heterocycles. The summed E-state index contributed by atoms with van der Waals surface area (Å²) in [5.74, 6) is 2.48. The van der Waals surface area contributed by atoms with Gasteiger partial charge in [0.1, 0.15) is 5.82 Å². The molecule has 0 bridgehead atoms. The zero-order valence-corrected chi connectivity index (χ0v) is 18.3. The smallest absolute Gasteiger partial charge is 0.191 e. The summed E-state index contributed by atoms with van der Waals surface area (Å²) < 4.78 is 7.70. The lowest BCUT2D eigenvalue weighted by Gasteiger charge is -2.39. The Morgan fingerprint density at radius 1 is 1.17 bits per heavy atom. The van der Waals surface area contributed by atoms with Crippen LogP contribution in [0.3, 0.4) is 0 Å². The third-order valence-corrected chi connectivity index (χ3v) is 6.10. The van der Waals surface area contributed by atoms with Gasteiger partial charge >= 0.3 is 0 Å².